The van der Waals surface area contributed by atoms with Gasteiger partial charge in [-0.15, -0.1) is 0 Å². The van der Waals surface area contributed by atoms with Crippen molar-refractivity contribution >= 4 is 38.5 Å². The van der Waals surface area contributed by atoms with Gasteiger partial charge in [-0.25, -0.2) is 4.98 Å². The molecule has 0 radical (unpaired) electrons. The molecule has 1 aliphatic carbocycles. The molecule has 6 rings (SSSR count). The van der Waals surface area contributed by atoms with Gasteiger partial charge >= 0.3 is 0 Å². The molecule has 2 aromatic carbocycles. The summed E-state index contributed by atoms with van der Waals surface area (Å²) in [4.78, 5) is 9.51. The monoisotopic (exact) mass is 465 g/mol. The number of methoxy groups -OCH3 is 1. The van der Waals surface area contributed by atoms with E-state index in [1.54, 1.807) is 7.11 Å². The Morgan fingerprint density at radius 1 is 1.06 bits per heavy atom. The van der Waals surface area contributed by atoms with Crippen molar-refractivity contribution in [2.24, 2.45) is 7.05 Å². The molecule has 0 saturated heterocycles. The molecular formula is C29H31N5O. The molecule has 1 fully saturated rings. The molecule has 1 saturated carbocycles. The summed E-state index contributed by atoms with van der Waals surface area (Å²) in [5.74, 6) is 1.78. The Morgan fingerprint density at radius 2 is 1.91 bits per heavy atom. The largest absolute Gasteiger partial charge is 0.497 e. The maximum Gasteiger partial charge on any atom is 0.127 e. The van der Waals surface area contributed by atoms with Crippen LogP contribution in [-0.4, -0.2) is 33.7 Å². The van der Waals surface area contributed by atoms with Crippen LogP contribution in [0.3, 0.4) is 0 Å². The highest BCUT2D eigenvalue weighted by atomic mass is 16.5. The van der Waals surface area contributed by atoms with Gasteiger partial charge in [-0.05, 0) is 61.6 Å². The number of nitrogens with zero attached hydrogens (tertiary/aromatic N) is 3. The molecule has 6 nitrogen and oxygen atoms in total. The van der Waals surface area contributed by atoms with Gasteiger partial charge in [0, 0.05) is 60.3 Å². The van der Waals surface area contributed by atoms with Crippen LogP contribution < -0.4 is 15.4 Å². The summed E-state index contributed by atoms with van der Waals surface area (Å²) in [5, 5.41) is 11.1. The number of rotatable bonds is 6. The third-order valence-corrected chi connectivity index (χ3v) is 7.39. The molecule has 3 heterocycles. The Bertz CT molecular complexity index is 1540. The lowest BCUT2D eigenvalue weighted by atomic mass is 10.1. The Balaban J connectivity index is 1.14. The standard InChI is InChI=1S/C29H31N5O/c1-18-13-27(33-26-15-23(35-3)9-11-24(18)26)32-22-8-7-21(14-22)31-16-20-17-34(2)29-25(20)10-6-19-5-4-12-30-28(19)29/h4-6,9-13,15,17,21-22,31H,7-8,14,16H2,1-3H3,(H,32,33)/t21-,22-/m0/s1. The maximum atomic E-state index is 5.39. The number of pyridine rings is 2. The summed E-state index contributed by atoms with van der Waals surface area (Å²) in [7, 11) is 3.81. The highest BCUT2D eigenvalue weighted by Gasteiger charge is 2.25. The van der Waals surface area contributed by atoms with Gasteiger partial charge in [0.2, 0.25) is 0 Å². The van der Waals surface area contributed by atoms with E-state index < -0.39 is 0 Å². The summed E-state index contributed by atoms with van der Waals surface area (Å²) in [6, 6.07) is 17.7. The van der Waals surface area contributed by atoms with E-state index in [-0.39, 0.29) is 0 Å². The second-order valence-corrected chi connectivity index (χ2v) is 9.74. The molecule has 5 aromatic rings. The van der Waals surface area contributed by atoms with Crippen LogP contribution in [-0.2, 0) is 13.6 Å². The first kappa shape index (κ1) is 21.9. The fraction of sp³-hybridized carbons (Fsp3) is 0.310. The molecule has 0 aliphatic heterocycles. The first-order valence-electron chi connectivity index (χ1n) is 12.4. The lowest BCUT2D eigenvalue weighted by Crippen LogP contribution is -2.27. The predicted octanol–water partition coefficient (Wildman–Crippen LogP) is 5.71. The lowest BCUT2D eigenvalue weighted by molar-refractivity contribution is 0.415. The van der Waals surface area contributed by atoms with Gasteiger partial charge in [0.25, 0.3) is 0 Å². The van der Waals surface area contributed by atoms with E-state index >= 15 is 0 Å². The number of anilines is 1. The number of benzene rings is 2. The quantitative estimate of drug-likeness (QED) is 0.336. The third kappa shape index (κ3) is 4.08. The number of ether oxygens (including phenoxy) is 1. The van der Waals surface area contributed by atoms with Gasteiger partial charge in [0.05, 0.1) is 23.7 Å². The number of aromatic nitrogens is 3. The fourth-order valence-electron chi connectivity index (χ4n) is 5.60. The molecule has 0 amide bonds. The van der Waals surface area contributed by atoms with Crippen LogP contribution >= 0.6 is 0 Å². The fourth-order valence-corrected chi connectivity index (χ4v) is 5.60. The van der Waals surface area contributed by atoms with Crippen molar-refractivity contribution in [1.29, 1.82) is 0 Å². The van der Waals surface area contributed by atoms with Crippen LogP contribution in [0.15, 0.2) is 60.9 Å². The highest BCUT2D eigenvalue weighted by Crippen LogP contribution is 2.30. The van der Waals surface area contributed by atoms with Crippen molar-refractivity contribution in [1.82, 2.24) is 19.9 Å². The summed E-state index contributed by atoms with van der Waals surface area (Å²) in [5.41, 5.74) is 5.80. The van der Waals surface area contributed by atoms with Gasteiger partial charge < -0.3 is 19.9 Å². The molecule has 178 valence electrons. The van der Waals surface area contributed by atoms with Crippen LogP contribution in [0.2, 0.25) is 0 Å². The molecule has 2 N–H and O–H groups in total. The number of aryl methyl sites for hydroxylation is 2. The average Bonchev–Trinajstić information content (AvgIpc) is 3.45. The molecule has 1 aliphatic rings. The number of nitrogens with one attached hydrogen (secondary N) is 2. The Kier molecular flexibility index (Phi) is 5.53. The lowest BCUT2D eigenvalue weighted by Gasteiger charge is -2.16. The number of hydrogen-bond donors (Lipinski definition) is 2. The third-order valence-electron chi connectivity index (χ3n) is 7.39. The zero-order chi connectivity index (χ0) is 23.9. The zero-order valence-electron chi connectivity index (χ0n) is 20.5. The van der Waals surface area contributed by atoms with E-state index in [9.17, 15) is 0 Å². The van der Waals surface area contributed by atoms with Gasteiger partial charge in [-0.1, -0.05) is 18.2 Å². The van der Waals surface area contributed by atoms with Gasteiger partial charge in [-0.3, -0.25) is 4.98 Å². The Labute approximate surface area is 205 Å². The number of hydrogen-bond acceptors (Lipinski definition) is 5. The summed E-state index contributed by atoms with van der Waals surface area (Å²) in [6.07, 6.45) is 7.51. The van der Waals surface area contributed by atoms with Crippen molar-refractivity contribution in [3.05, 3.63) is 72.1 Å². The predicted molar refractivity (Wildman–Crippen MR) is 143 cm³/mol. The van der Waals surface area contributed by atoms with Gasteiger partial charge in [0.1, 0.15) is 11.6 Å². The average molecular weight is 466 g/mol. The smallest absolute Gasteiger partial charge is 0.127 e. The second kappa shape index (κ2) is 8.86. The van der Waals surface area contributed by atoms with Crippen molar-refractivity contribution in [3.63, 3.8) is 0 Å². The number of fused-ring (bicyclic) bond motifs is 4. The van der Waals surface area contributed by atoms with E-state index in [2.05, 4.69) is 70.7 Å². The van der Waals surface area contributed by atoms with E-state index in [4.69, 9.17) is 9.72 Å². The molecule has 0 spiro atoms. The topological polar surface area (TPSA) is 64.0 Å². The molecule has 3 aromatic heterocycles. The molecule has 6 heteroatoms. The Hall–Kier alpha value is -3.64. The minimum atomic E-state index is 0.420. The van der Waals surface area contributed by atoms with Gasteiger partial charge in [0.15, 0.2) is 0 Å². The minimum absolute atomic E-state index is 0.420. The van der Waals surface area contributed by atoms with Crippen molar-refractivity contribution in [2.75, 3.05) is 12.4 Å². The SMILES string of the molecule is COc1ccc2c(C)cc(N[C@H]3CC[C@H](NCc4cn(C)c5c4ccc4cccnc45)C3)nc2c1. The van der Waals surface area contributed by atoms with Crippen LogP contribution in [0.1, 0.15) is 30.4 Å². The normalized spacial score (nSPS) is 18.0. The molecule has 2 atom stereocenters. The molecule has 35 heavy (non-hydrogen) atoms. The molecule has 0 unspecified atom stereocenters. The van der Waals surface area contributed by atoms with E-state index in [1.807, 2.05) is 24.4 Å². The second-order valence-electron chi connectivity index (χ2n) is 9.74. The van der Waals surface area contributed by atoms with E-state index in [0.717, 1.165) is 48.4 Å². The van der Waals surface area contributed by atoms with Crippen molar-refractivity contribution < 1.29 is 4.74 Å². The minimum Gasteiger partial charge on any atom is -0.497 e. The van der Waals surface area contributed by atoms with Crippen LogP contribution in [0.25, 0.3) is 32.7 Å². The van der Waals surface area contributed by atoms with Crippen LogP contribution in [0.5, 0.6) is 5.75 Å². The van der Waals surface area contributed by atoms with Crippen molar-refractivity contribution in [2.45, 2.75) is 44.8 Å². The van der Waals surface area contributed by atoms with E-state index in [1.165, 1.54) is 32.8 Å². The molecule has 0 bridgehead atoms. The van der Waals surface area contributed by atoms with Crippen LogP contribution in [0.4, 0.5) is 5.82 Å². The summed E-state index contributed by atoms with van der Waals surface area (Å²) in [6.45, 7) is 3.00. The van der Waals surface area contributed by atoms with Crippen molar-refractivity contribution in [3.8, 4) is 5.75 Å². The van der Waals surface area contributed by atoms with Crippen LogP contribution in [0, 0.1) is 6.92 Å². The maximum absolute atomic E-state index is 5.39. The Morgan fingerprint density at radius 3 is 2.80 bits per heavy atom. The van der Waals surface area contributed by atoms with Gasteiger partial charge in [-0.2, -0.15) is 0 Å². The highest BCUT2D eigenvalue weighted by molar-refractivity contribution is 6.04. The molecular weight excluding hydrogens is 434 g/mol. The van der Waals surface area contributed by atoms with E-state index in [0.29, 0.717) is 12.1 Å². The first-order chi connectivity index (χ1) is 17.1. The first-order valence-corrected chi connectivity index (χ1v) is 12.4. The zero-order valence-corrected chi connectivity index (χ0v) is 20.5. The summed E-state index contributed by atoms with van der Waals surface area (Å²) >= 11 is 0. The summed E-state index contributed by atoms with van der Waals surface area (Å²) < 4.78 is 7.60.